The number of nitrogens with two attached hydrogens (primary N) is 1. The first-order valence-corrected chi connectivity index (χ1v) is 6.72. The summed E-state index contributed by atoms with van der Waals surface area (Å²) in [5.41, 5.74) is 5.21. The van der Waals surface area contributed by atoms with E-state index in [2.05, 4.69) is 9.47 Å². The van der Waals surface area contributed by atoms with E-state index in [0.717, 1.165) is 0 Å². The number of carbonyl (C=O) groups excluding carboxylic acids is 2. The Kier molecular flexibility index (Phi) is 8.77. The van der Waals surface area contributed by atoms with Crippen LogP contribution < -0.4 is 5.73 Å². The van der Waals surface area contributed by atoms with E-state index in [1.165, 1.54) is 0 Å². The molecule has 0 saturated heterocycles. The number of aliphatic carboxylic acids is 4. The molecule has 0 aliphatic heterocycles. The van der Waals surface area contributed by atoms with E-state index in [1.807, 2.05) is 0 Å². The predicted octanol–water partition coefficient (Wildman–Crippen LogP) is -4.41. The van der Waals surface area contributed by atoms with E-state index in [0.29, 0.717) is 0 Å². The SMILES string of the molecule is N[C@@H](CC(=O)OC(C(=O)O)C(O)C(=O)O)C(=O)OC(C(=O)O)C(O)C(=O)O. The first-order chi connectivity index (χ1) is 12.3. The molecule has 0 rings (SSSR count). The van der Waals surface area contributed by atoms with Crippen molar-refractivity contribution in [2.75, 3.05) is 0 Å². The topological polar surface area (TPSA) is 268 Å². The molecule has 0 aromatic carbocycles. The van der Waals surface area contributed by atoms with Crippen LogP contribution in [0.15, 0.2) is 0 Å². The van der Waals surface area contributed by atoms with Gasteiger partial charge in [0.1, 0.15) is 6.04 Å². The lowest BCUT2D eigenvalue weighted by atomic mass is 10.2. The third-order valence-corrected chi connectivity index (χ3v) is 2.76. The minimum absolute atomic E-state index is 1.15. The van der Waals surface area contributed by atoms with E-state index >= 15 is 0 Å². The van der Waals surface area contributed by atoms with Gasteiger partial charge in [0.25, 0.3) is 0 Å². The van der Waals surface area contributed by atoms with Crippen molar-refractivity contribution in [2.45, 2.75) is 36.9 Å². The highest BCUT2D eigenvalue weighted by molar-refractivity contribution is 5.89. The second kappa shape index (κ2) is 10.00. The third kappa shape index (κ3) is 7.22. The number of aliphatic hydroxyl groups is 2. The number of ether oxygens (including phenoxy) is 2. The molecule has 0 aromatic rings. The van der Waals surface area contributed by atoms with Gasteiger partial charge in [-0.25, -0.2) is 19.2 Å². The largest absolute Gasteiger partial charge is 0.479 e. The summed E-state index contributed by atoms with van der Waals surface area (Å²) in [6.45, 7) is 0. The standard InChI is InChI=1S/C12H15NO14/c13-2(12(25)27-7(11(23)24)5(16)9(19)20)1-3(14)26-6(10(21)22)4(15)8(17)18/h2,4-7,15-16H,1,13H2,(H,17,18)(H,19,20)(H,21,22)(H,23,24)/t2-,4?,5?,6?,7?/m0/s1. The molecule has 0 bridgehead atoms. The van der Waals surface area contributed by atoms with E-state index in [9.17, 15) is 28.8 Å². The van der Waals surface area contributed by atoms with Gasteiger partial charge in [-0.2, -0.15) is 0 Å². The van der Waals surface area contributed by atoms with Crippen molar-refractivity contribution in [2.24, 2.45) is 5.73 Å². The van der Waals surface area contributed by atoms with Crippen molar-refractivity contribution >= 4 is 35.8 Å². The molecule has 0 radical (unpaired) electrons. The molecule has 0 spiro atoms. The lowest BCUT2D eigenvalue weighted by molar-refractivity contribution is -0.182. The van der Waals surface area contributed by atoms with Gasteiger partial charge in [0.05, 0.1) is 6.42 Å². The number of rotatable bonds is 11. The summed E-state index contributed by atoms with van der Waals surface area (Å²) in [6, 6.07) is -1.99. The normalized spacial score (nSPS) is 16.1. The Labute approximate surface area is 148 Å². The summed E-state index contributed by atoms with van der Waals surface area (Å²) in [5.74, 6) is -11.3. The molecule has 4 unspecified atom stereocenters. The number of hydrogen-bond acceptors (Lipinski definition) is 11. The zero-order chi connectivity index (χ0) is 21.5. The van der Waals surface area contributed by atoms with Crippen molar-refractivity contribution in [3.63, 3.8) is 0 Å². The van der Waals surface area contributed by atoms with Gasteiger partial charge in [0.15, 0.2) is 12.2 Å². The van der Waals surface area contributed by atoms with Crippen molar-refractivity contribution in [1.29, 1.82) is 0 Å². The van der Waals surface area contributed by atoms with Crippen LogP contribution in [-0.4, -0.2) is 96.9 Å². The van der Waals surface area contributed by atoms with E-state index in [4.69, 9.17) is 36.4 Å². The Morgan fingerprint density at radius 1 is 0.704 bits per heavy atom. The molecule has 0 aromatic heterocycles. The average Bonchev–Trinajstić information content (AvgIpc) is 2.54. The molecule has 152 valence electrons. The van der Waals surface area contributed by atoms with Gasteiger partial charge in [0, 0.05) is 0 Å². The third-order valence-electron chi connectivity index (χ3n) is 2.76. The van der Waals surface area contributed by atoms with Crippen molar-refractivity contribution in [3.05, 3.63) is 0 Å². The van der Waals surface area contributed by atoms with Crippen LogP contribution in [0.4, 0.5) is 0 Å². The van der Waals surface area contributed by atoms with Crippen LogP contribution in [0.25, 0.3) is 0 Å². The van der Waals surface area contributed by atoms with Crippen LogP contribution in [0.3, 0.4) is 0 Å². The summed E-state index contributed by atoms with van der Waals surface area (Å²) in [5, 5.41) is 52.7. The number of hydrogen-bond donors (Lipinski definition) is 7. The van der Waals surface area contributed by atoms with Gasteiger partial charge in [-0.15, -0.1) is 0 Å². The van der Waals surface area contributed by atoms with E-state index < -0.39 is 72.7 Å². The fourth-order valence-electron chi connectivity index (χ4n) is 1.42. The molecule has 15 heteroatoms. The minimum Gasteiger partial charge on any atom is -0.479 e. The number of carboxylic acid groups (broad SMARTS) is 4. The maximum atomic E-state index is 11.6. The lowest BCUT2D eigenvalue weighted by Gasteiger charge is -2.20. The lowest BCUT2D eigenvalue weighted by Crippen LogP contribution is -2.47. The molecule has 0 aliphatic carbocycles. The van der Waals surface area contributed by atoms with Gasteiger partial charge >= 0.3 is 35.8 Å². The van der Waals surface area contributed by atoms with E-state index in [1.54, 1.807) is 0 Å². The minimum atomic E-state index is -2.65. The number of carboxylic acids is 4. The van der Waals surface area contributed by atoms with Crippen molar-refractivity contribution in [1.82, 2.24) is 0 Å². The second-order valence-electron chi connectivity index (χ2n) is 4.82. The number of carbonyl (C=O) groups is 6. The molecule has 0 amide bonds. The molecule has 0 saturated carbocycles. The second-order valence-corrected chi connectivity index (χ2v) is 4.82. The molecule has 0 fully saturated rings. The Bertz CT molecular complexity index is 630. The van der Waals surface area contributed by atoms with Gasteiger partial charge in [0.2, 0.25) is 12.2 Å². The fourth-order valence-corrected chi connectivity index (χ4v) is 1.42. The van der Waals surface area contributed by atoms with Gasteiger partial charge in [-0.3, -0.25) is 9.59 Å². The summed E-state index contributed by atoms with van der Waals surface area (Å²) in [7, 11) is 0. The highest BCUT2D eigenvalue weighted by Crippen LogP contribution is 2.08. The summed E-state index contributed by atoms with van der Waals surface area (Å²) >= 11 is 0. The maximum absolute atomic E-state index is 11.6. The monoisotopic (exact) mass is 397 g/mol. The molecule has 15 nitrogen and oxygen atoms in total. The van der Waals surface area contributed by atoms with Gasteiger partial charge in [-0.05, 0) is 0 Å². The molecule has 8 N–H and O–H groups in total. The van der Waals surface area contributed by atoms with Crippen molar-refractivity contribution < 1.29 is 68.9 Å². The maximum Gasteiger partial charge on any atom is 0.348 e. The fraction of sp³-hybridized carbons (Fsp3) is 0.500. The summed E-state index contributed by atoms with van der Waals surface area (Å²) in [6.07, 6.45) is -11.5. The van der Waals surface area contributed by atoms with Crippen LogP contribution >= 0.6 is 0 Å². The first-order valence-electron chi connectivity index (χ1n) is 6.72. The highest BCUT2D eigenvalue weighted by Gasteiger charge is 2.39. The van der Waals surface area contributed by atoms with Crippen molar-refractivity contribution in [3.8, 4) is 0 Å². The Morgan fingerprint density at radius 3 is 1.41 bits per heavy atom. The number of aliphatic hydroxyl groups excluding tert-OH is 2. The predicted molar refractivity (Wildman–Crippen MR) is 74.9 cm³/mol. The van der Waals surface area contributed by atoms with Gasteiger partial charge in [-0.1, -0.05) is 0 Å². The van der Waals surface area contributed by atoms with Crippen LogP contribution in [0.1, 0.15) is 6.42 Å². The highest BCUT2D eigenvalue weighted by atomic mass is 16.6. The summed E-state index contributed by atoms with van der Waals surface area (Å²) < 4.78 is 8.35. The Balaban J connectivity index is 4.97. The zero-order valence-corrected chi connectivity index (χ0v) is 13.1. The first kappa shape index (κ1) is 23.7. The molecule has 0 heterocycles. The molecular weight excluding hydrogens is 382 g/mol. The van der Waals surface area contributed by atoms with Crippen LogP contribution in [0.2, 0.25) is 0 Å². The Morgan fingerprint density at radius 2 is 1.07 bits per heavy atom. The van der Waals surface area contributed by atoms with Crippen LogP contribution in [0.5, 0.6) is 0 Å². The quantitative estimate of drug-likeness (QED) is 0.162. The molecular formula is C12H15NO14. The smallest absolute Gasteiger partial charge is 0.348 e. The summed E-state index contributed by atoms with van der Waals surface area (Å²) in [4.78, 5) is 65.8. The molecule has 5 atom stereocenters. The molecule has 0 aliphatic rings. The molecule has 27 heavy (non-hydrogen) atoms. The zero-order valence-electron chi connectivity index (χ0n) is 13.1. The Hall–Kier alpha value is -3.30. The van der Waals surface area contributed by atoms with E-state index in [-0.39, 0.29) is 0 Å². The van der Waals surface area contributed by atoms with Crippen LogP contribution in [0, 0.1) is 0 Å². The number of esters is 2. The van der Waals surface area contributed by atoms with Crippen LogP contribution in [-0.2, 0) is 38.2 Å². The van der Waals surface area contributed by atoms with Gasteiger partial charge < -0.3 is 45.8 Å². The average molecular weight is 397 g/mol.